The number of anilines is 1. The minimum Gasteiger partial charge on any atom is -0.383 e. The van der Waals surface area contributed by atoms with Crippen LogP contribution in [0.2, 0.25) is 0 Å². The molecule has 3 N–H and O–H groups in total. The topological polar surface area (TPSA) is 90.4 Å². The second-order valence-corrected chi connectivity index (χ2v) is 4.15. The molecular weight excluding hydrogens is 253 g/mol. The molecule has 0 saturated carbocycles. The summed E-state index contributed by atoms with van der Waals surface area (Å²) >= 11 is 0. The molecule has 0 radical (unpaired) electrons. The first-order valence-corrected chi connectivity index (χ1v) is 5.98. The highest BCUT2D eigenvalue weighted by Gasteiger charge is 2.18. The SMILES string of the molecule is COCC(CCCN)Nc1ccc(F)cc1[N+](=O)[O-]. The number of methoxy groups -OCH3 is 1. The number of hydrogen-bond acceptors (Lipinski definition) is 5. The van der Waals surface area contributed by atoms with Gasteiger partial charge >= 0.3 is 0 Å². The van der Waals surface area contributed by atoms with Crippen LogP contribution in [0.25, 0.3) is 0 Å². The summed E-state index contributed by atoms with van der Waals surface area (Å²) in [5.41, 5.74) is 5.44. The van der Waals surface area contributed by atoms with E-state index in [0.29, 0.717) is 13.2 Å². The lowest BCUT2D eigenvalue weighted by Gasteiger charge is -2.18. The van der Waals surface area contributed by atoms with Gasteiger partial charge in [-0.2, -0.15) is 0 Å². The van der Waals surface area contributed by atoms with Gasteiger partial charge in [0.25, 0.3) is 5.69 Å². The number of nitrogens with two attached hydrogens (primary N) is 1. The maximum Gasteiger partial charge on any atom is 0.295 e. The fraction of sp³-hybridized carbons (Fsp3) is 0.500. The number of nitrogens with one attached hydrogen (secondary N) is 1. The highest BCUT2D eigenvalue weighted by atomic mass is 19.1. The van der Waals surface area contributed by atoms with Gasteiger partial charge in [0.15, 0.2) is 0 Å². The van der Waals surface area contributed by atoms with Crippen LogP contribution in [0, 0.1) is 15.9 Å². The van der Waals surface area contributed by atoms with Crippen molar-refractivity contribution in [2.24, 2.45) is 5.73 Å². The van der Waals surface area contributed by atoms with Gasteiger partial charge in [-0.3, -0.25) is 10.1 Å². The Hall–Kier alpha value is -1.73. The van der Waals surface area contributed by atoms with E-state index < -0.39 is 10.7 Å². The van der Waals surface area contributed by atoms with Crippen LogP contribution in [0.3, 0.4) is 0 Å². The van der Waals surface area contributed by atoms with E-state index in [9.17, 15) is 14.5 Å². The van der Waals surface area contributed by atoms with Gasteiger partial charge in [-0.15, -0.1) is 0 Å². The lowest BCUT2D eigenvalue weighted by Crippen LogP contribution is -2.26. The summed E-state index contributed by atoms with van der Waals surface area (Å²) in [4.78, 5) is 10.3. The van der Waals surface area contributed by atoms with Crippen LogP contribution in [0.15, 0.2) is 18.2 Å². The van der Waals surface area contributed by atoms with Gasteiger partial charge in [-0.25, -0.2) is 4.39 Å². The van der Waals surface area contributed by atoms with Crippen LogP contribution in [0.4, 0.5) is 15.8 Å². The van der Waals surface area contributed by atoms with Gasteiger partial charge < -0.3 is 15.8 Å². The second kappa shape index (κ2) is 7.65. The smallest absolute Gasteiger partial charge is 0.295 e. The molecule has 1 atom stereocenters. The van der Waals surface area contributed by atoms with E-state index in [1.165, 1.54) is 12.1 Å². The highest BCUT2D eigenvalue weighted by molar-refractivity contribution is 5.61. The molecule has 0 heterocycles. The Morgan fingerprint density at radius 1 is 1.58 bits per heavy atom. The largest absolute Gasteiger partial charge is 0.383 e. The molecule has 0 aliphatic rings. The predicted molar refractivity (Wildman–Crippen MR) is 70.6 cm³/mol. The zero-order chi connectivity index (χ0) is 14.3. The molecule has 1 unspecified atom stereocenters. The summed E-state index contributed by atoms with van der Waals surface area (Å²) < 4.78 is 18.1. The molecule has 0 aliphatic heterocycles. The minimum absolute atomic E-state index is 0.0993. The van der Waals surface area contributed by atoms with Crippen molar-refractivity contribution in [2.75, 3.05) is 25.6 Å². The first-order chi connectivity index (χ1) is 9.08. The van der Waals surface area contributed by atoms with Crippen molar-refractivity contribution in [2.45, 2.75) is 18.9 Å². The number of hydrogen-bond donors (Lipinski definition) is 2. The van der Waals surface area contributed by atoms with Crippen molar-refractivity contribution in [1.29, 1.82) is 0 Å². The quantitative estimate of drug-likeness (QED) is 0.556. The molecule has 19 heavy (non-hydrogen) atoms. The first kappa shape index (κ1) is 15.3. The minimum atomic E-state index is -0.637. The maximum atomic E-state index is 13.0. The number of nitro groups is 1. The molecule has 1 aromatic rings. The standard InChI is InChI=1S/C12H18FN3O3/c1-19-8-10(3-2-6-14)15-11-5-4-9(13)7-12(11)16(17)18/h4-5,7,10,15H,2-3,6,8,14H2,1H3. The third kappa shape index (κ3) is 4.80. The van der Waals surface area contributed by atoms with Crippen molar-refractivity contribution >= 4 is 11.4 Å². The zero-order valence-electron chi connectivity index (χ0n) is 10.8. The monoisotopic (exact) mass is 271 g/mol. The number of nitro benzene ring substituents is 1. The van der Waals surface area contributed by atoms with E-state index in [1.54, 1.807) is 7.11 Å². The maximum absolute atomic E-state index is 13.0. The number of halogens is 1. The average molecular weight is 271 g/mol. The number of ether oxygens (including phenoxy) is 1. The summed E-state index contributed by atoms with van der Waals surface area (Å²) in [6.07, 6.45) is 1.49. The molecule has 6 nitrogen and oxygen atoms in total. The van der Waals surface area contributed by atoms with Gasteiger partial charge in [0, 0.05) is 13.2 Å². The number of nitrogens with zero attached hydrogens (tertiary/aromatic N) is 1. The van der Waals surface area contributed by atoms with Crippen LogP contribution in [-0.2, 0) is 4.74 Å². The summed E-state index contributed by atoms with van der Waals surface area (Å²) in [5, 5.41) is 13.9. The van der Waals surface area contributed by atoms with Crippen molar-refractivity contribution in [3.63, 3.8) is 0 Å². The summed E-state index contributed by atoms with van der Waals surface area (Å²) in [7, 11) is 1.55. The number of benzene rings is 1. The Bertz CT molecular complexity index is 429. The molecule has 7 heteroatoms. The zero-order valence-corrected chi connectivity index (χ0v) is 10.8. The summed E-state index contributed by atoms with van der Waals surface area (Å²) in [6, 6.07) is 3.34. The molecule has 0 saturated heterocycles. The normalized spacial score (nSPS) is 12.2. The van der Waals surface area contributed by atoms with Crippen molar-refractivity contribution < 1.29 is 14.1 Å². The van der Waals surface area contributed by atoms with E-state index >= 15 is 0 Å². The predicted octanol–water partition coefficient (Wildman–Crippen LogP) is 1.90. The lowest BCUT2D eigenvalue weighted by molar-refractivity contribution is -0.384. The molecule has 0 bridgehead atoms. The molecule has 0 amide bonds. The first-order valence-electron chi connectivity index (χ1n) is 5.98. The summed E-state index contributed by atoms with van der Waals surface area (Å²) in [5.74, 6) is -0.637. The Morgan fingerprint density at radius 2 is 2.32 bits per heavy atom. The second-order valence-electron chi connectivity index (χ2n) is 4.15. The van der Waals surface area contributed by atoms with Gasteiger partial charge in [0.05, 0.1) is 17.6 Å². The summed E-state index contributed by atoms with van der Waals surface area (Å²) in [6.45, 7) is 0.932. The van der Waals surface area contributed by atoms with Crippen LogP contribution < -0.4 is 11.1 Å². The average Bonchev–Trinajstić information content (AvgIpc) is 2.38. The molecular formula is C12H18FN3O3. The number of rotatable bonds is 8. The van der Waals surface area contributed by atoms with Crippen molar-refractivity contribution in [3.05, 3.63) is 34.1 Å². The van der Waals surface area contributed by atoms with Gasteiger partial charge in [0.2, 0.25) is 0 Å². The van der Waals surface area contributed by atoms with Crippen LogP contribution in [-0.4, -0.2) is 31.2 Å². The lowest BCUT2D eigenvalue weighted by atomic mass is 10.1. The Balaban J connectivity index is 2.85. The molecule has 1 aromatic carbocycles. The Morgan fingerprint density at radius 3 is 2.89 bits per heavy atom. The van der Waals surface area contributed by atoms with Crippen LogP contribution in [0.5, 0.6) is 0 Å². The Kier molecular flexibility index (Phi) is 6.17. The van der Waals surface area contributed by atoms with E-state index in [0.717, 1.165) is 18.9 Å². The fourth-order valence-corrected chi connectivity index (χ4v) is 1.76. The van der Waals surface area contributed by atoms with Gasteiger partial charge in [-0.1, -0.05) is 0 Å². The van der Waals surface area contributed by atoms with Crippen LogP contribution >= 0.6 is 0 Å². The molecule has 0 spiro atoms. The third-order valence-electron chi connectivity index (χ3n) is 2.64. The molecule has 0 aromatic heterocycles. The third-order valence-corrected chi connectivity index (χ3v) is 2.64. The van der Waals surface area contributed by atoms with Gasteiger partial charge in [0.1, 0.15) is 11.5 Å². The molecule has 1 rings (SSSR count). The van der Waals surface area contributed by atoms with Crippen molar-refractivity contribution in [1.82, 2.24) is 0 Å². The molecule has 0 fully saturated rings. The van der Waals surface area contributed by atoms with E-state index in [4.69, 9.17) is 10.5 Å². The van der Waals surface area contributed by atoms with E-state index in [2.05, 4.69) is 5.32 Å². The Labute approximate surface area is 110 Å². The fourth-order valence-electron chi connectivity index (χ4n) is 1.76. The molecule has 0 aliphatic carbocycles. The van der Waals surface area contributed by atoms with E-state index in [-0.39, 0.29) is 17.4 Å². The van der Waals surface area contributed by atoms with Gasteiger partial charge in [-0.05, 0) is 31.5 Å². The van der Waals surface area contributed by atoms with Crippen LogP contribution in [0.1, 0.15) is 12.8 Å². The van der Waals surface area contributed by atoms with Crippen molar-refractivity contribution in [3.8, 4) is 0 Å². The molecule has 106 valence electrons. The highest BCUT2D eigenvalue weighted by Crippen LogP contribution is 2.26. The van der Waals surface area contributed by atoms with E-state index in [1.807, 2.05) is 0 Å².